The van der Waals surface area contributed by atoms with Crippen molar-refractivity contribution < 1.29 is 13.9 Å². The van der Waals surface area contributed by atoms with Crippen molar-refractivity contribution >= 4 is 17.3 Å². The number of carbonyl (C=O) groups excluding carboxylic acids is 1. The normalized spacial score (nSPS) is 10.7. The molecule has 1 aromatic carbocycles. The van der Waals surface area contributed by atoms with E-state index in [-0.39, 0.29) is 22.2 Å². The third kappa shape index (κ3) is 2.90. The maximum absolute atomic E-state index is 13.7. The van der Waals surface area contributed by atoms with E-state index >= 15 is 0 Å². The van der Waals surface area contributed by atoms with Crippen molar-refractivity contribution in [2.45, 2.75) is 20.0 Å². The van der Waals surface area contributed by atoms with E-state index in [0.29, 0.717) is 0 Å². The summed E-state index contributed by atoms with van der Waals surface area (Å²) in [7, 11) is 0. The number of carbonyl (C=O) groups is 1. The molecule has 0 aliphatic rings. The minimum Gasteiger partial charge on any atom is -0.458 e. The van der Waals surface area contributed by atoms with Crippen LogP contribution in [0.2, 0.25) is 0 Å². The minimum atomic E-state index is -0.661. The Morgan fingerprint density at radius 3 is 2.68 bits per heavy atom. The van der Waals surface area contributed by atoms with Gasteiger partial charge < -0.3 is 9.72 Å². The first-order valence-corrected chi connectivity index (χ1v) is 6.49. The lowest BCUT2D eigenvalue weighted by molar-refractivity contribution is 0.0372. The first-order chi connectivity index (χ1) is 8.99. The molecule has 0 amide bonds. The second-order valence-corrected chi connectivity index (χ2v) is 5.14. The smallest absolute Gasteiger partial charge is 0.356 e. The second kappa shape index (κ2) is 5.36. The topological polar surface area (TPSA) is 59.2 Å². The highest BCUT2D eigenvalue weighted by molar-refractivity contribution is 7.13. The van der Waals surface area contributed by atoms with Crippen LogP contribution in [0, 0.1) is 5.82 Å². The van der Waals surface area contributed by atoms with Crippen LogP contribution in [0.5, 0.6) is 0 Å². The Balaban J connectivity index is 2.51. The van der Waals surface area contributed by atoms with Crippen molar-refractivity contribution in [1.82, 2.24) is 4.98 Å². The first kappa shape index (κ1) is 13.5. The Bertz CT molecular complexity index is 660. The SMILES string of the molecule is CC(C)OC(=O)c1[nH]c(=O)sc1-c1ccccc1F. The maximum Gasteiger partial charge on any atom is 0.356 e. The average molecular weight is 281 g/mol. The zero-order valence-electron chi connectivity index (χ0n) is 10.4. The van der Waals surface area contributed by atoms with Gasteiger partial charge in [0.05, 0.1) is 11.0 Å². The van der Waals surface area contributed by atoms with Gasteiger partial charge in [0.1, 0.15) is 11.5 Å². The van der Waals surface area contributed by atoms with Crippen LogP contribution in [-0.2, 0) is 4.74 Å². The number of nitrogens with one attached hydrogen (secondary N) is 1. The molecule has 0 radical (unpaired) electrons. The zero-order valence-corrected chi connectivity index (χ0v) is 11.2. The number of rotatable bonds is 3. The molecule has 0 saturated heterocycles. The number of benzene rings is 1. The van der Waals surface area contributed by atoms with Crippen LogP contribution in [0.15, 0.2) is 29.1 Å². The van der Waals surface area contributed by atoms with Gasteiger partial charge in [-0.3, -0.25) is 4.79 Å². The second-order valence-electron chi connectivity index (χ2n) is 4.15. The van der Waals surface area contributed by atoms with Crippen molar-refractivity contribution in [1.29, 1.82) is 0 Å². The summed E-state index contributed by atoms with van der Waals surface area (Å²) >= 11 is 0.785. The molecule has 1 N–H and O–H groups in total. The lowest BCUT2D eigenvalue weighted by atomic mass is 10.1. The molecule has 1 heterocycles. The summed E-state index contributed by atoms with van der Waals surface area (Å²) < 4.78 is 18.8. The number of aromatic nitrogens is 1. The van der Waals surface area contributed by atoms with Crippen LogP contribution in [0.1, 0.15) is 24.3 Å². The van der Waals surface area contributed by atoms with E-state index in [0.717, 1.165) is 11.3 Å². The highest BCUT2D eigenvalue weighted by Crippen LogP contribution is 2.28. The number of thiazole rings is 1. The zero-order chi connectivity index (χ0) is 14.0. The largest absolute Gasteiger partial charge is 0.458 e. The van der Waals surface area contributed by atoms with E-state index in [2.05, 4.69) is 4.98 Å². The van der Waals surface area contributed by atoms with Gasteiger partial charge in [-0.25, -0.2) is 9.18 Å². The predicted octanol–water partition coefficient (Wildman–Crippen LogP) is 2.81. The van der Waals surface area contributed by atoms with Gasteiger partial charge in [-0.05, 0) is 19.9 Å². The molecule has 2 rings (SSSR count). The average Bonchev–Trinajstić information content (AvgIpc) is 2.71. The Kier molecular flexibility index (Phi) is 3.80. The molecule has 0 fully saturated rings. The van der Waals surface area contributed by atoms with E-state index in [1.165, 1.54) is 12.1 Å². The molecule has 0 saturated carbocycles. The molecule has 1 aromatic heterocycles. The first-order valence-electron chi connectivity index (χ1n) is 5.68. The van der Waals surface area contributed by atoms with Gasteiger partial charge in [-0.2, -0.15) is 0 Å². The summed E-state index contributed by atoms with van der Waals surface area (Å²) in [6.07, 6.45) is -0.315. The highest BCUT2D eigenvalue weighted by atomic mass is 32.1. The van der Waals surface area contributed by atoms with Crippen molar-refractivity contribution in [2.24, 2.45) is 0 Å². The number of H-pyrrole nitrogens is 1. The number of ether oxygens (including phenoxy) is 1. The van der Waals surface area contributed by atoms with Crippen LogP contribution in [0.4, 0.5) is 4.39 Å². The van der Waals surface area contributed by atoms with Crippen molar-refractivity contribution in [3.8, 4) is 10.4 Å². The van der Waals surface area contributed by atoms with Gasteiger partial charge in [-0.15, -0.1) is 0 Å². The lowest BCUT2D eigenvalue weighted by Gasteiger charge is -2.08. The molecule has 0 aliphatic heterocycles. The quantitative estimate of drug-likeness (QED) is 0.880. The summed E-state index contributed by atoms with van der Waals surface area (Å²) in [6.45, 7) is 3.40. The number of esters is 1. The number of halogens is 1. The number of hydrogen-bond donors (Lipinski definition) is 1. The third-order valence-corrected chi connectivity index (χ3v) is 3.23. The van der Waals surface area contributed by atoms with E-state index in [4.69, 9.17) is 4.74 Å². The van der Waals surface area contributed by atoms with Gasteiger partial charge >= 0.3 is 10.8 Å². The summed E-state index contributed by atoms with van der Waals surface area (Å²) in [5, 5.41) is 0. The fraction of sp³-hybridized carbons (Fsp3) is 0.231. The molecule has 0 atom stereocenters. The van der Waals surface area contributed by atoms with Crippen LogP contribution < -0.4 is 4.87 Å². The summed E-state index contributed by atoms with van der Waals surface area (Å²) in [5.74, 6) is -1.15. The van der Waals surface area contributed by atoms with E-state index in [1.807, 2.05) is 0 Å². The Morgan fingerprint density at radius 1 is 1.37 bits per heavy atom. The van der Waals surface area contributed by atoms with Crippen LogP contribution in [-0.4, -0.2) is 17.1 Å². The summed E-state index contributed by atoms with van der Waals surface area (Å²) in [6, 6.07) is 5.97. The van der Waals surface area contributed by atoms with Gasteiger partial charge in [0, 0.05) is 5.56 Å². The molecule has 0 aliphatic carbocycles. The Hall–Kier alpha value is -1.95. The summed E-state index contributed by atoms with van der Waals surface area (Å²) in [5.41, 5.74) is 0.204. The maximum atomic E-state index is 13.7. The number of aromatic amines is 1. The van der Waals surface area contributed by atoms with Gasteiger partial charge in [0.15, 0.2) is 0 Å². The molecule has 2 aromatic rings. The van der Waals surface area contributed by atoms with Crippen molar-refractivity contribution in [2.75, 3.05) is 0 Å². The Morgan fingerprint density at radius 2 is 2.05 bits per heavy atom. The molecule has 0 spiro atoms. The monoisotopic (exact) mass is 281 g/mol. The molecule has 19 heavy (non-hydrogen) atoms. The highest BCUT2D eigenvalue weighted by Gasteiger charge is 2.21. The van der Waals surface area contributed by atoms with Crippen LogP contribution in [0.3, 0.4) is 0 Å². The molecular weight excluding hydrogens is 269 g/mol. The van der Waals surface area contributed by atoms with E-state index < -0.39 is 16.7 Å². The van der Waals surface area contributed by atoms with E-state index in [9.17, 15) is 14.0 Å². The molecule has 4 nitrogen and oxygen atoms in total. The van der Waals surface area contributed by atoms with Gasteiger partial charge in [-0.1, -0.05) is 29.5 Å². The lowest BCUT2D eigenvalue weighted by Crippen LogP contribution is -2.14. The van der Waals surface area contributed by atoms with Crippen LogP contribution in [0.25, 0.3) is 10.4 Å². The number of hydrogen-bond acceptors (Lipinski definition) is 4. The Labute approximate surface area is 112 Å². The van der Waals surface area contributed by atoms with Crippen molar-refractivity contribution in [3.63, 3.8) is 0 Å². The standard InChI is InChI=1S/C13H12FNO3S/c1-7(2)18-12(16)10-11(19-13(17)15-10)8-5-3-4-6-9(8)14/h3-7H,1-2H3,(H,15,17). The van der Waals surface area contributed by atoms with Gasteiger partial charge in [0.2, 0.25) is 0 Å². The molecule has 0 bridgehead atoms. The predicted molar refractivity (Wildman–Crippen MR) is 70.9 cm³/mol. The van der Waals surface area contributed by atoms with E-state index in [1.54, 1.807) is 26.0 Å². The molecular formula is C13H12FNO3S. The van der Waals surface area contributed by atoms with Gasteiger partial charge in [0.25, 0.3) is 0 Å². The fourth-order valence-electron chi connectivity index (χ4n) is 1.58. The molecule has 6 heteroatoms. The fourth-order valence-corrected chi connectivity index (χ4v) is 2.43. The van der Waals surface area contributed by atoms with Crippen molar-refractivity contribution in [3.05, 3.63) is 45.4 Å². The molecule has 100 valence electrons. The summed E-state index contributed by atoms with van der Waals surface area (Å²) in [4.78, 5) is 25.5. The molecule has 0 unspecified atom stereocenters. The van der Waals surface area contributed by atoms with Crippen LogP contribution >= 0.6 is 11.3 Å². The minimum absolute atomic E-state index is 0.00574. The third-order valence-electron chi connectivity index (χ3n) is 2.31.